The third-order valence-corrected chi connectivity index (χ3v) is 5.37. The van der Waals surface area contributed by atoms with E-state index in [1.165, 1.54) is 12.0 Å². The Kier molecular flexibility index (Phi) is 7.57. The number of aliphatic imine (C=N–C) groups is 1. The van der Waals surface area contributed by atoms with Gasteiger partial charge in [-0.25, -0.2) is 14.6 Å². The van der Waals surface area contributed by atoms with E-state index in [1.807, 2.05) is 30.3 Å². The van der Waals surface area contributed by atoms with Gasteiger partial charge in [-0.2, -0.15) is 0 Å². The number of nitrogens with zero attached hydrogens (tertiary/aromatic N) is 2. The number of benzene rings is 1. The van der Waals surface area contributed by atoms with Crippen molar-refractivity contribution in [1.29, 1.82) is 0 Å². The fraction of sp³-hybridized carbons (Fsp3) is 0.591. The number of hydrogen-bond donors (Lipinski definition) is 1. The van der Waals surface area contributed by atoms with E-state index in [4.69, 9.17) is 4.74 Å². The Bertz CT molecular complexity index is 759. The zero-order chi connectivity index (χ0) is 21.5. The first kappa shape index (κ1) is 22.6. The van der Waals surface area contributed by atoms with Crippen molar-refractivity contribution >= 4 is 18.1 Å². The van der Waals surface area contributed by atoms with Crippen molar-refractivity contribution < 1.29 is 19.1 Å². The molecule has 2 amide bonds. The van der Waals surface area contributed by atoms with Crippen molar-refractivity contribution in [2.45, 2.75) is 52.6 Å². The topological polar surface area (TPSA) is 88.1 Å². The van der Waals surface area contributed by atoms with E-state index in [9.17, 15) is 14.4 Å². The summed E-state index contributed by atoms with van der Waals surface area (Å²) in [7, 11) is 1.31. The number of esters is 1. The van der Waals surface area contributed by atoms with Gasteiger partial charge in [0, 0.05) is 13.1 Å². The molecule has 29 heavy (non-hydrogen) atoms. The van der Waals surface area contributed by atoms with Crippen molar-refractivity contribution in [2.75, 3.05) is 20.2 Å². The molecule has 0 bridgehead atoms. The molecule has 1 aliphatic rings. The second kappa shape index (κ2) is 9.70. The Labute approximate surface area is 172 Å². The number of methoxy groups -OCH3 is 1. The molecule has 2 unspecified atom stereocenters. The van der Waals surface area contributed by atoms with E-state index in [-0.39, 0.29) is 29.4 Å². The summed E-state index contributed by atoms with van der Waals surface area (Å²) in [5.41, 5.74) is 0.738. The SMILES string of the molecule is COC(=O)CN(Cc1ccccc1)C(=O)NCC1(C)CC(N=C=O)CC(C)(C)C1. The zero-order valence-electron chi connectivity index (χ0n) is 17.7. The van der Waals surface area contributed by atoms with Gasteiger partial charge >= 0.3 is 12.0 Å². The molecule has 0 heterocycles. The van der Waals surface area contributed by atoms with Crippen LogP contribution in [0.2, 0.25) is 0 Å². The van der Waals surface area contributed by atoms with Crippen LogP contribution in [0.4, 0.5) is 4.79 Å². The molecule has 2 rings (SSSR count). The molecule has 1 aliphatic carbocycles. The van der Waals surface area contributed by atoms with Crippen molar-refractivity contribution in [3.63, 3.8) is 0 Å². The Morgan fingerprint density at radius 2 is 1.93 bits per heavy atom. The van der Waals surface area contributed by atoms with Gasteiger partial charge in [-0.15, -0.1) is 0 Å². The first-order valence-electron chi connectivity index (χ1n) is 9.87. The van der Waals surface area contributed by atoms with E-state index in [0.29, 0.717) is 19.5 Å². The van der Waals surface area contributed by atoms with Crippen molar-refractivity contribution in [1.82, 2.24) is 10.2 Å². The normalized spacial score (nSPS) is 22.8. The molecule has 7 nitrogen and oxygen atoms in total. The summed E-state index contributed by atoms with van der Waals surface area (Å²) >= 11 is 0. The zero-order valence-corrected chi connectivity index (χ0v) is 17.7. The van der Waals surface area contributed by atoms with Crippen molar-refractivity contribution in [3.05, 3.63) is 35.9 Å². The Morgan fingerprint density at radius 1 is 1.24 bits per heavy atom. The minimum absolute atomic E-state index is 0.0124. The van der Waals surface area contributed by atoms with E-state index in [1.54, 1.807) is 6.08 Å². The number of isocyanates is 1. The molecular formula is C22H31N3O4. The van der Waals surface area contributed by atoms with Gasteiger partial charge in [-0.05, 0) is 35.7 Å². The summed E-state index contributed by atoms with van der Waals surface area (Å²) in [6, 6.07) is 9.09. The van der Waals surface area contributed by atoms with E-state index in [0.717, 1.165) is 18.4 Å². The highest BCUT2D eigenvalue weighted by atomic mass is 16.5. The number of carbonyl (C=O) groups excluding carboxylic acids is 3. The lowest BCUT2D eigenvalue weighted by molar-refractivity contribution is -0.141. The molecule has 0 spiro atoms. The third kappa shape index (κ3) is 7.02. The maximum absolute atomic E-state index is 12.9. The third-order valence-electron chi connectivity index (χ3n) is 5.37. The Morgan fingerprint density at radius 3 is 2.55 bits per heavy atom. The van der Waals surface area contributed by atoms with E-state index >= 15 is 0 Å². The molecular weight excluding hydrogens is 370 g/mol. The highest BCUT2D eigenvalue weighted by molar-refractivity contribution is 5.80. The van der Waals surface area contributed by atoms with Gasteiger partial charge in [-0.1, -0.05) is 51.1 Å². The highest BCUT2D eigenvalue weighted by Crippen LogP contribution is 2.46. The standard InChI is InChI=1S/C22H31N3O4/c1-21(2)10-18(24-16-26)11-22(3,14-21)15-23-20(28)25(13-19(27)29-4)12-17-8-6-5-7-9-17/h5-9,18H,10-15H2,1-4H3,(H,23,28). The minimum atomic E-state index is -0.471. The number of urea groups is 1. The van der Waals surface area contributed by atoms with Gasteiger partial charge < -0.3 is 15.0 Å². The first-order chi connectivity index (χ1) is 13.7. The van der Waals surface area contributed by atoms with Gasteiger partial charge in [0.2, 0.25) is 6.08 Å². The maximum Gasteiger partial charge on any atom is 0.325 e. The summed E-state index contributed by atoms with van der Waals surface area (Å²) in [4.78, 5) is 40.8. The molecule has 1 N–H and O–H groups in total. The first-order valence-corrected chi connectivity index (χ1v) is 9.87. The maximum atomic E-state index is 12.9. The molecule has 158 valence electrons. The number of nitrogens with one attached hydrogen (secondary N) is 1. The smallest absolute Gasteiger partial charge is 0.325 e. The molecule has 0 radical (unpaired) electrons. The molecule has 1 aromatic carbocycles. The van der Waals surface area contributed by atoms with Gasteiger partial charge in [-0.3, -0.25) is 4.79 Å². The summed E-state index contributed by atoms with van der Waals surface area (Å²) in [6.07, 6.45) is 4.12. The van der Waals surface area contributed by atoms with Crippen LogP contribution in [0.3, 0.4) is 0 Å². The average molecular weight is 402 g/mol. The fourth-order valence-electron chi connectivity index (χ4n) is 4.50. The highest BCUT2D eigenvalue weighted by Gasteiger charge is 2.41. The summed E-state index contributed by atoms with van der Waals surface area (Å²) < 4.78 is 4.74. The predicted molar refractivity (Wildman–Crippen MR) is 110 cm³/mol. The summed E-state index contributed by atoms with van der Waals surface area (Å²) in [6.45, 7) is 7.02. The molecule has 1 fully saturated rings. The van der Waals surface area contributed by atoms with Gasteiger partial charge in [0.05, 0.1) is 13.2 Å². The largest absolute Gasteiger partial charge is 0.468 e. The molecule has 7 heteroatoms. The molecule has 0 saturated heterocycles. The fourth-order valence-corrected chi connectivity index (χ4v) is 4.50. The quantitative estimate of drug-likeness (QED) is 0.431. The van der Waals surface area contributed by atoms with Crippen LogP contribution in [0, 0.1) is 10.8 Å². The molecule has 1 aromatic rings. The van der Waals surface area contributed by atoms with Crippen LogP contribution in [0.15, 0.2) is 35.3 Å². The van der Waals surface area contributed by atoms with Crippen LogP contribution in [-0.2, 0) is 20.9 Å². The molecule has 0 aliphatic heterocycles. The monoisotopic (exact) mass is 401 g/mol. The van der Waals surface area contributed by atoms with Crippen molar-refractivity contribution in [3.8, 4) is 0 Å². The van der Waals surface area contributed by atoms with Crippen LogP contribution in [0.25, 0.3) is 0 Å². The second-order valence-corrected chi connectivity index (χ2v) is 9.01. The lowest BCUT2D eigenvalue weighted by Gasteiger charge is -2.45. The molecule has 2 atom stereocenters. The second-order valence-electron chi connectivity index (χ2n) is 9.01. The summed E-state index contributed by atoms with van der Waals surface area (Å²) in [5.74, 6) is -0.471. The van der Waals surface area contributed by atoms with Crippen LogP contribution < -0.4 is 5.32 Å². The molecule has 1 saturated carbocycles. The van der Waals surface area contributed by atoms with Gasteiger partial charge in [0.1, 0.15) is 6.54 Å². The number of amides is 2. The lowest BCUT2D eigenvalue weighted by Crippen LogP contribution is -2.49. The summed E-state index contributed by atoms with van der Waals surface area (Å²) in [5, 5.41) is 2.98. The van der Waals surface area contributed by atoms with E-state index in [2.05, 4.69) is 31.1 Å². The molecule has 0 aromatic heterocycles. The Hall–Kier alpha value is -2.66. The van der Waals surface area contributed by atoms with Gasteiger partial charge in [0.25, 0.3) is 0 Å². The van der Waals surface area contributed by atoms with Crippen LogP contribution >= 0.6 is 0 Å². The van der Waals surface area contributed by atoms with Crippen LogP contribution in [0.1, 0.15) is 45.6 Å². The van der Waals surface area contributed by atoms with Crippen LogP contribution in [-0.4, -0.2) is 49.2 Å². The number of ether oxygens (including phenoxy) is 1. The number of rotatable bonds is 7. The van der Waals surface area contributed by atoms with Crippen LogP contribution in [0.5, 0.6) is 0 Å². The minimum Gasteiger partial charge on any atom is -0.468 e. The number of carbonyl (C=O) groups is 2. The average Bonchev–Trinajstić information content (AvgIpc) is 2.65. The number of hydrogen-bond acceptors (Lipinski definition) is 5. The van der Waals surface area contributed by atoms with Gasteiger partial charge in [0.15, 0.2) is 0 Å². The lowest BCUT2D eigenvalue weighted by atomic mass is 9.63. The van der Waals surface area contributed by atoms with E-state index < -0.39 is 5.97 Å². The Balaban J connectivity index is 2.07. The predicted octanol–water partition coefficient (Wildman–Crippen LogP) is 3.29. The van der Waals surface area contributed by atoms with Crippen molar-refractivity contribution in [2.24, 2.45) is 15.8 Å².